The fourth-order valence-electron chi connectivity index (χ4n) is 1.64. The molecule has 1 aromatic carbocycles. The Morgan fingerprint density at radius 1 is 1.43 bits per heavy atom. The lowest BCUT2D eigenvalue weighted by Gasteiger charge is -2.10. The minimum Gasteiger partial charge on any atom is -0.431 e. The zero-order chi connectivity index (χ0) is 15.6. The van der Waals surface area contributed by atoms with E-state index in [2.05, 4.69) is 9.97 Å². The monoisotopic (exact) mass is 292 g/mol. The average Bonchev–Trinajstić information content (AvgIpc) is 2.45. The molecule has 2 N–H and O–H groups in total. The highest BCUT2D eigenvalue weighted by molar-refractivity contribution is 5.51. The van der Waals surface area contributed by atoms with Crippen LogP contribution in [0, 0.1) is 22.9 Å². The number of aryl methyl sites for hydroxylation is 1. The molecule has 21 heavy (non-hydrogen) atoms. The van der Waals surface area contributed by atoms with E-state index in [-0.39, 0.29) is 17.4 Å². The summed E-state index contributed by atoms with van der Waals surface area (Å²) in [4.78, 5) is 18.4. The summed E-state index contributed by atoms with van der Waals surface area (Å²) in [5.74, 6) is -0.0135. The van der Waals surface area contributed by atoms with Gasteiger partial charge in [-0.15, -0.1) is 0 Å². The number of hydrogen-bond acceptors (Lipinski definition) is 6. The van der Waals surface area contributed by atoms with Gasteiger partial charge < -0.3 is 10.5 Å². The van der Waals surface area contributed by atoms with Crippen LogP contribution in [0.25, 0.3) is 0 Å². The Morgan fingerprint density at radius 2 is 2.14 bits per heavy atom. The Morgan fingerprint density at radius 3 is 2.76 bits per heavy atom. The molecule has 0 radical (unpaired) electrons. The van der Waals surface area contributed by atoms with E-state index in [1.165, 1.54) is 6.07 Å². The maximum atomic E-state index is 13.1. The van der Waals surface area contributed by atoms with Gasteiger partial charge in [-0.1, -0.05) is 6.92 Å². The maximum absolute atomic E-state index is 13.1. The van der Waals surface area contributed by atoms with E-state index in [4.69, 9.17) is 10.5 Å². The summed E-state index contributed by atoms with van der Waals surface area (Å²) < 4.78 is 18.5. The smallest absolute Gasteiger partial charge is 0.314 e. The van der Waals surface area contributed by atoms with Crippen LogP contribution in [0.1, 0.15) is 18.3 Å². The molecule has 0 aliphatic rings. The zero-order valence-electron chi connectivity index (χ0n) is 11.5. The van der Waals surface area contributed by atoms with Crippen molar-refractivity contribution in [3.05, 3.63) is 45.5 Å². The molecule has 0 bridgehead atoms. The Hall–Kier alpha value is -2.77. The summed E-state index contributed by atoms with van der Waals surface area (Å²) in [5, 5.41) is 10.9. The number of hydrogen-bond donors (Lipinski definition) is 1. The highest BCUT2D eigenvalue weighted by Crippen LogP contribution is 2.33. The first-order chi connectivity index (χ1) is 9.92. The van der Waals surface area contributed by atoms with Gasteiger partial charge in [-0.2, -0.15) is 4.98 Å². The largest absolute Gasteiger partial charge is 0.431 e. The topological polar surface area (TPSA) is 104 Å². The number of nitro groups is 1. The van der Waals surface area contributed by atoms with Crippen LogP contribution in [-0.4, -0.2) is 14.9 Å². The van der Waals surface area contributed by atoms with Crippen LogP contribution in [0.5, 0.6) is 11.6 Å². The van der Waals surface area contributed by atoms with E-state index < -0.39 is 16.4 Å². The average molecular weight is 292 g/mol. The van der Waals surface area contributed by atoms with Gasteiger partial charge in [0.25, 0.3) is 0 Å². The number of nitrogens with zero attached hydrogens (tertiary/aromatic N) is 3. The van der Waals surface area contributed by atoms with Crippen molar-refractivity contribution in [2.24, 2.45) is 0 Å². The van der Waals surface area contributed by atoms with Gasteiger partial charge in [0.15, 0.2) is 0 Å². The molecule has 0 fully saturated rings. The van der Waals surface area contributed by atoms with Crippen molar-refractivity contribution < 1.29 is 14.1 Å². The molecule has 0 amide bonds. The molecule has 0 aliphatic carbocycles. The van der Waals surface area contributed by atoms with Crippen molar-refractivity contribution in [3.63, 3.8) is 0 Å². The molecule has 7 nitrogen and oxygen atoms in total. The van der Waals surface area contributed by atoms with Crippen molar-refractivity contribution >= 4 is 11.5 Å². The molecule has 1 heterocycles. The van der Waals surface area contributed by atoms with Gasteiger partial charge in [-0.05, 0) is 19.1 Å². The molecule has 0 spiro atoms. The standard InChI is InChI=1S/C13H13FN4O3/c1-3-11-16-12(15)7(2)13(17-11)21-10-5-4-8(14)6-9(10)18(19)20/h4-6H,3H2,1-2H3,(H2,15,16,17). The van der Waals surface area contributed by atoms with Gasteiger partial charge in [0, 0.05) is 6.42 Å². The predicted molar refractivity (Wildman–Crippen MR) is 73.7 cm³/mol. The van der Waals surface area contributed by atoms with Gasteiger partial charge in [0.1, 0.15) is 17.5 Å². The molecule has 2 rings (SSSR count). The van der Waals surface area contributed by atoms with Crippen molar-refractivity contribution in [2.45, 2.75) is 20.3 Å². The summed E-state index contributed by atoms with van der Waals surface area (Å²) in [7, 11) is 0. The highest BCUT2D eigenvalue weighted by Gasteiger charge is 2.19. The number of aromatic nitrogens is 2. The number of halogens is 1. The second-order valence-corrected chi connectivity index (χ2v) is 4.28. The van der Waals surface area contributed by atoms with Gasteiger partial charge in [0.05, 0.1) is 16.6 Å². The van der Waals surface area contributed by atoms with Crippen molar-refractivity contribution in [1.82, 2.24) is 9.97 Å². The quantitative estimate of drug-likeness (QED) is 0.686. The predicted octanol–water partition coefficient (Wildman–Crippen LogP) is 2.77. The minimum atomic E-state index is -0.723. The highest BCUT2D eigenvalue weighted by atomic mass is 19.1. The number of rotatable bonds is 4. The fraction of sp³-hybridized carbons (Fsp3) is 0.231. The number of benzene rings is 1. The van der Waals surface area contributed by atoms with Crippen LogP contribution < -0.4 is 10.5 Å². The molecule has 2 aromatic rings. The molecular formula is C13H13FN4O3. The van der Waals surface area contributed by atoms with Gasteiger partial charge in [-0.3, -0.25) is 10.1 Å². The number of ether oxygens (including phenoxy) is 1. The normalized spacial score (nSPS) is 10.4. The van der Waals surface area contributed by atoms with Crippen LogP contribution >= 0.6 is 0 Å². The SMILES string of the molecule is CCc1nc(N)c(C)c(Oc2ccc(F)cc2[N+](=O)[O-])n1. The molecule has 0 unspecified atom stereocenters. The van der Waals surface area contributed by atoms with Gasteiger partial charge in [-0.25, -0.2) is 9.37 Å². The van der Waals surface area contributed by atoms with Crippen molar-refractivity contribution in [1.29, 1.82) is 0 Å². The van der Waals surface area contributed by atoms with Gasteiger partial charge in [0.2, 0.25) is 11.6 Å². The second kappa shape index (κ2) is 5.70. The zero-order valence-corrected chi connectivity index (χ0v) is 11.5. The summed E-state index contributed by atoms with van der Waals surface area (Å²) in [6.07, 6.45) is 0.534. The first-order valence-electron chi connectivity index (χ1n) is 6.17. The number of nitrogens with two attached hydrogens (primary N) is 1. The first kappa shape index (κ1) is 14.6. The Kier molecular flexibility index (Phi) is 3.97. The lowest BCUT2D eigenvalue weighted by Crippen LogP contribution is -2.05. The fourth-order valence-corrected chi connectivity index (χ4v) is 1.64. The second-order valence-electron chi connectivity index (χ2n) is 4.28. The Labute approximate surface area is 119 Å². The Bertz CT molecular complexity index is 706. The van der Waals surface area contributed by atoms with Crippen LogP contribution in [0.4, 0.5) is 15.9 Å². The first-order valence-corrected chi connectivity index (χ1v) is 6.17. The molecule has 110 valence electrons. The van der Waals surface area contributed by atoms with Gasteiger partial charge >= 0.3 is 5.69 Å². The third-order valence-electron chi connectivity index (χ3n) is 2.83. The summed E-state index contributed by atoms with van der Waals surface area (Å²) >= 11 is 0. The molecule has 1 aromatic heterocycles. The van der Waals surface area contributed by atoms with Crippen LogP contribution in [0.3, 0.4) is 0 Å². The molecular weight excluding hydrogens is 279 g/mol. The number of nitrogen functional groups attached to an aromatic ring is 1. The van der Waals surface area contributed by atoms with E-state index in [0.29, 0.717) is 17.8 Å². The van der Waals surface area contributed by atoms with Crippen molar-refractivity contribution in [3.8, 4) is 11.6 Å². The lowest BCUT2D eigenvalue weighted by molar-refractivity contribution is -0.385. The summed E-state index contributed by atoms with van der Waals surface area (Å²) in [5.41, 5.74) is 5.73. The third-order valence-corrected chi connectivity index (χ3v) is 2.83. The number of nitro benzene ring substituents is 1. The van der Waals surface area contributed by atoms with E-state index in [1.807, 2.05) is 6.92 Å². The minimum absolute atomic E-state index is 0.107. The van der Waals surface area contributed by atoms with Crippen molar-refractivity contribution in [2.75, 3.05) is 5.73 Å². The molecule has 8 heteroatoms. The van der Waals surface area contributed by atoms with E-state index in [1.54, 1.807) is 6.92 Å². The van der Waals surface area contributed by atoms with Crippen LogP contribution in [-0.2, 0) is 6.42 Å². The third kappa shape index (κ3) is 3.04. The van der Waals surface area contributed by atoms with Crippen LogP contribution in [0.15, 0.2) is 18.2 Å². The molecule has 0 atom stereocenters. The van der Waals surface area contributed by atoms with E-state index >= 15 is 0 Å². The Balaban J connectivity index is 2.48. The molecule has 0 aliphatic heterocycles. The number of anilines is 1. The van der Waals surface area contributed by atoms with E-state index in [0.717, 1.165) is 12.1 Å². The molecule has 0 saturated heterocycles. The summed E-state index contributed by atoms with van der Waals surface area (Å²) in [6, 6.07) is 3.04. The van der Waals surface area contributed by atoms with Crippen LogP contribution in [0.2, 0.25) is 0 Å². The maximum Gasteiger partial charge on any atom is 0.314 e. The van der Waals surface area contributed by atoms with E-state index in [9.17, 15) is 14.5 Å². The lowest BCUT2D eigenvalue weighted by atomic mass is 10.2. The molecule has 0 saturated carbocycles. The summed E-state index contributed by atoms with van der Waals surface area (Å²) in [6.45, 7) is 3.48.